The first kappa shape index (κ1) is 13.5. The molecule has 1 heterocycles. The smallest absolute Gasteiger partial charge is 0.276 e. The van der Waals surface area contributed by atoms with Gasteiger partial charge in [0.2, 0.25) is 5.89 Å². The van der Waals surface area contributed by atoms with Crippen LogP contribution in [0.1, 0.15) is 26.2 Å². The van der Waals surface area contributed by atoms with Gasteiger partial charge in [0, 0.05) is 32.3 Å². The molecule has 1 rings (SSSR count). The molecule has 0 atom stereocenters. The van der Waals surface area contributed by atoms with E-state index in [9.17, 15) is 0 Å². The second kappa shape index (κ2) is 7.65. The maximum absolute atomic E-state index is 5.42. The summed E-state index contributed by atoms with van der Waals surface area (Å²) in [4.78, 5) is 0. The third kappa shape index (κ3) is 4.96. The zero-order chi connectivity index (χ0) is 11.8. The Labute approximate surface area is 99.9 Å². The van der Waals surface area contributed by atoms with E-state index in [-0.39, 0.29) is 6.29 Å². The number of nitrogens with zero attached hydrogens (tertiary/aromatic N) is 2. The van der Waals surface area contributed by atoms with Gasteiger partial charge in [0.1, 0.15) is 0 Å². The predicted molar refractivity (Wildman–Crippen MR) is 61.4 cm³/mol. The van der Waals surface area contributed by atoms with Crippen LogP contribution in [0.5, 0.6) is 0 Å². The van der Waals surface area contributed by atoms with Gasteiger partial charge in [-0.2, -0.15) is 0 Å². The minimum Gasteiger partial charge on any atom is -0.416 e. The minimum atomic E-state index is -0.133. The SMILES string of the molecule is CCOC(CCSc1nnc(C)o1)OCC. The molecule has 0 amide bonds. The quantitative estimate of drug-likeness (QED) is 0.518. The van der Waals surface area contributed by atoms with Crippen LogP contribution in [0.15, 0.2) is 9.64 Å². The van der Waals surface area contributed by atoms with Crippen molar-refractivity contribution in [3.05, 3.63) is 5.89 Å². The van der Waals surface area contributed by atoms with E-state index in [1.54, 1.807) is 6.92 Å². The van der Waals surface area contributed by atoms with Crippen LogP contribution in [0.4, 0.5) is 0 Å². The molecule has 16 heavy (non-hydrogen) atoms. The van der Waals surface area contributed by atoms with Crippen molar-refractivity contribution in [1.82, 2.24) is 10.2 Å². The largest absolute Gasteiger partial charge is 0.416 e. The van der Waals surface area contributed by atoms with E-state index in [0.29, 0.717) is 24.3 Å². The summed E-state index contributed by atoms with van der Waals surface area (Å²) in [5.41, 5.74) is 0. The van der Waals surface area contributed by atoms with Gasteiger partial charge in [-0.3, -0.25) is 0 Å². The maximum Gasteiger partial charge on any atom is 0.276 e. The first-order chi connectivity index (χ1) is 7.76. The molecular formula is C10H18N2O3S. The highest BCUT2D eigenvalue weighted by atomic mass is 32.2. The number of hydrogen-bond donors (Lipinski definition) is 0. The lowest BCUT2D eigenvalue weighted by Gasteiger charge is -2.15. The molecule has 92 valence electrons. The molecule has 0 saturated carbocycles. The Kier molecular flexibility index (Phi) is 6.44. The molecule has 0 saturated heterocycles. The van der Waals surface area contributed by atoms with Crippen molar-refractivity contribution < 1.29 is 13.9 Å². The van der Waals surface area contributed by atoms with Gasteiger partial charge in [0.15, 0.2) is 6.29 Å². The molecule has 0 aliphatic heterocycles. The highest BCUT2D eigenvalue weighted by molar-refractivity contribution is 7.99. The molecule has 1 aromatic heterocycles. The second-order valence-corrected chi connectivity index (χ2v) is 4.11. The standard InChI is InChI=1S/C10H18N2O3S/c1-4-13-9(14-5-2)6-7-16-10-12-11-8(3)15-10/h9H,4-7H2,1-3H3. The van der Waals surface area contributed by atoms with Crippen molar-refractivity contribution in [2.75, 3.05) is 19.0 Å². The Morgan fingerprint density at radius 2 is 1.94 bits per heavy atom. The fraction of sp³-hybridized carbons (Fsp3) is 0.800. The fourth-order valence-electron chi connectivity index (χ4n) is 1.17. The molecule has 1 aromatic rings. The normalized spacial score (nSPS) is 11.2. The van der Waals surface area contributed by atoms with E-state index in [2.05, 4.69) is 10.2 Å². The van der Waals surface area contributed by atoms with Crippen molar-refractivity contribution in [2.45, 2.75) is 38.7 Å². The van der Waals surface area contributed by atoms with Crippen LogP contribution in [0.3, 0.4) is 0 Å². The highest BCUT2D eigenvalue weighted by Gasteiger charge is 2.09. The van der Waals surface area contributed by atoms with Gasteiger partial charge >= 0.3 is 0 Å². The molecular weight excluding hydrogens is 228 g/mol. The van der Waals surface area contributed by atoms with Crippen LogP contribution in [0.25, 0.3) is 0 Å². The minimum absolute atomic E-state index is 0.133. The number of aryl methyl sites for hydroxylation is 1. The van der Waals surface area contributed by atoms with E-state index in [1.165, 1.54) is 11.8 Å². The van der Waals surface area contributed by atoms with Gasteiger partial charge in [-0.15, -0.1) is 10.2 Å². The number of aromatic nitrogens is 2. The Bertz CT molecular complexity index is 287. The summed E-state index contributed by atoms with van der Waals surface area (Å²) in [6.45, 7) is 7.02. The summed E-state index contributed by atoms with van der Waals surface area (Å²) in [6, 6.07) is 0. The van der Waals surface area contributed by atoms with Gasteiger partial charge in [-0.05, 0) is 13.8 Å². The molecule has 0 fully saturated rings. The zero-order valence-corrected chi connectivity index (χ0v) is 10.7. The summed E-state index contributed by atoms with van der Waals surface area (Å²) in [7, 11) is 0. The summed E-state index contributed by atoms with van der Waals surface area (Å²) in [5, 5.41) is 8.26. The molecule has 0 aliphatic carbocycles. The van der Waals surface area contributed by atoms with Crippen molar-refractivity contribution in [3.63, 3.8) is 0 Å². The Hall–Kier alpha value is -0.590. The Morgan fingerprint density at radius 1 is 1.25 bits per heavy atom. The molecule has 0 radical (unpaired) electrons. The average molecular weight is 246 g/mol. The number of thioether (sulfide) groups is 1. The number of rotatable bonds is 8. The van der Waals surface area contributed by atoms with Crippen LogP contribution in [0, 0.1) is 6.92 Å². The molecule has 0 N–H and O–H groups in total. The van der Waals surface area contributed by atoms with Crippen molar-refractivity contribution >= 4 is 11.8 Å². The molecule has 0 bridgehead atoms. The Balaban J connectivity index is 2.21. The monoisotopic (exact) mass is 246 g/mol. The Morgan fingerprint density at radius 3 is 2.44 bits per heavy atom. The first-order valence-corrected chi connectivity index (χ1v) is 6.41. The van der Waals surface area contributed by atoms with E-state index in [4.69, 9.17) is 13.9 Å². The van der Waals surface area contributed by atoms with Crippen LogP contribution in [-0.4, -0.2) is 35.5 Å². The highest BCUT2D eigenvalue weighted by Crippen LogP contribution is 2.18. The third-order valence-electron chi connectivity index (χ3n) is 1.79. The molecule has 6 heteroatoms. The van der Waals surface area contributed by atoms with E-state index in [0.717, 1.165) is 12.2 Å². The van der Waals surface area contributed by atoms with Crippen LogP contribution in [0.2, 0.25) is 0 Å². The summed E-state index contributed by atoms with van der Waals surface area (Å²) in [6.07, 6.45) is 0.680. The van der Waals surface area contributed by atoms with Crippen LogP contribution >= 0.6 is 11.8 Å². The molecule has 0 unspecified atom stereocenters. The van der Waals surface area contributed by atoms with Crippen molar-refractivity contribution in [1.29, 1.82) is 0 Å². The van der Waals surface area contributed by atoms with Crippen LogP contribution < -0.4 is 0 Å². The third-order valence-corrected chi connectivity index (χ3v) is 2.64. The maximum atomic E-state index is 5.42. The first-order valence-electron chi connectivity index (χ1n) is 5.42. The molecule has 0 spiro atoms. The van der Waals surface area contributed by atoms with E-state index < -0.39 is 0 Å². The number of hydrogen-bond acceptors (Lipinski definition) is 6. The van der Waals surface area contributed by atoms with Crippen molar-refractivity contribution in [3.8, 4) is 0 Å². The van der Waals surface area contributed by atoms with Crippen molar-refractivity contribution in [2.24, 2.45) is 0 Å². The van der Waals surface area contributed by atoms with Gasteiger partial charge in [0.05, 0.1) is 0 Å². The van der Waals surface area contributed by atoms with Gasteiger partial charge in [-0.1, -0.05) is 11.8 Å². The van der Waals surface area contributed by atoms with E-state index in [1.807, 2.05) is 13.8 Å². The van der Waals surface area contributed by atoms with Crippen LogP contribution in [-0.2, 0) is 9.47 Å². The second-order valence-electron chi connectivity index (χ2n) is 3.06. The lowest BCUT2D eigenvalue weighted by atomic mass is 10.5. The zero-order valence-electron chi connectivity index (χ0n) is 9.93. The lowest BCUT2D eigenvalue weighted by Crippen LogP contribution is -2.18. The molecule has 0 aliphatic rings. The summed E-state index contributed by atoms with van der Waals surface area (Å²) >= 11 is 1.52. The summed E-state index contributed by atoms with van der Waals surface area (Å²) in [5.74, 6) is 1.43. The molecule has 5 nitrogen and oxygen atoms in total. The molecule has 0 aromatic carbocycles. The number of ether oxygens (including phenoxy) is 2. The topological polar surface area (TPSA) is 57.4 Å². The van der Waals surface area contributed by atoms with Gasteiger partial charge < -0.3 is 13.9 Å². The average Bonchev–Trinajstić information content (AvgIpc) is 2.65. The fourth-order valence-corrected chi connectivity index (χ4v) is 1.93. The lowest BCUT2D eigenvalue weighted by molar-refractivity contribution is -0.136. The van der Waals surface area contributed by atoms with E-state index >= 15 is 0 Å². The van der Waals surface area contributed by atoms with Gasteiger partial charge in [0.25, 0.3) is 5.22 Å². The predicted octanol–water partition coefficient (Wildman–Crippen LogP) is 2.26. The summed E-state index contributed by atoms with van der Waals surface area (Å²) < 4.78 is 16.1. The van der Waals surface area contributed by atoms with Gasteiger partial charge in [-0.25, -0.2) is 0 Å².